The maximum atomic E-state index is 12.0. The smallest absolute Gasteiger partial charge is 0.327 e. The molecular weight excluding hydrogens is 200 g/mol. The van der Waals surface area contributed by atoms with Crippen LogP contribution in [0.5, 0.6) is 0 Å². The van der Waals surface area contributed by atoms with Gasteiger partial charge in [-0.05, 0) is 0 Å². The molecule has 3 amide bonds. The first-order valence-corrected chi connectivity index (χ1v) is 4.92. The third kappa shape index (κ3) is 1.25. The molecule has 0 aliphatic carbocycles. The fourth-order valence-corrected chi connectivity index (χ4v) is 2.13. The van der Waals surface area contributed by atoms with Crippen molar-refractivity contribution in [3.63, 3.8) is 0 Å². The molecule has 0 aromatic rings. The van der Waals surface area contributed by atoms with Gasteiger partial charge in [-0.15, -0.1) is 0 Å². The number of likely N-dealkylation sites (N-methyl/N-ethyl adjacent to an activating group) is 1. The number of β-amino-alcohol motifs (C(OH)–C–C–N with tert-alkyl or cyclic N) is 1. The molecule has 1 atom stereocenters. The van der Waals surface area contributed by atoms with Gasteiger partial charge in [0.25, 0.3) is 5.91 Å². The number of aliphatic hydroxyl groups excluding tert-OH is 1. The molecule has 1 spiro atoms. The fourth-order valence-electron chi connectivity index (χ4n) is 2.13. The van der Waals surface area contributed by atoms with E-state index in [1.165, 1.54) is 4.90 Å². The number of ether oxygens (including phenoxy) is 1. The van der Waals surface area contributed by atoms with Crippen LogP contribution in [-0.4, -0.2) is 65.8 Å². The zero-order valence-corrected chi connectivity index (χ0v) is 8.60. The second-order valence-electron chi connectivity index (χ2n) is 3.86. The summed E-state index contributed by atoms with van der Waals surface area (Å²) in [6, 6.07) is -0.348. The lowest BCUT2D eigenvalue weighted by atomic mass is 9.97. The molecule has 15 heavy (non-hydrogen) atoms. The van der Waals surface area contributed by atoms with E-state index in [9.17, 15) is 9.59 Å². The number of hydrogen-bond donors (Lipinski definition) is 1. The van der Waals surface area contributed by atoms with Crippen molar-refractivity contribution in [2.45, 2.75) is 12.0 Å². The van der Waals surface area contributed by atoms with Crippen molar-refractivity contribution < 1.29 is 19.4 Å². The number of urea groups is 1. The van der Waals surface area contributed by atoms with E-state index in [1.807, 2.05) is 0 Å². The number of amides is 3. The number of hydrogen-bond acceptors (Lipinski definition) is 4. The molecule has 1 unspecified atom stereocenters. The molecule has 2 rings (SSSR count). The van der Waals surface area contributed by atoms with Gasteiger partial charge in [0.05, 0.1) is 19.8 Å². The Labute approximate surface area is 87.4 Å². The second kappa shape index (κ2) is 3.46. The number of carbonyl (C=O) groups excluding carboxylic acids is 2. The molecule has 2 heterocycles. The lowest BCUT2D eigenvalue weighted by Crippen LogP contribution is -2.48. The first-order valence-electron chi connectivity index (χ1n) is 4.92. The highest BCUT2D eigenvalue weighted by Gasteiger charge is 2.57. The molecule has 2 aliphatic rings. The second-order valence-corrected chi connectivity index (χ2v) is 3.86. The molecule has 84 valence electrons. The lowest BCUT2D eigenvalue weighted by Gasteiger charge is -2.25. The van der Waals surface area contributed by atoms with Crippen LogP contribution < -0.4 is 0 Å². The summed E-state index contributed by atoms with van der Waals surface area (Å²) in [5.74, 6) is -0.249. The molecule has 2 fully saturated rings. The summed E-state index contributed by atoms with van der Waals surface area (Å²) in [6.45, 7) is 0.609. The normalized spacial score (nSPS) is 31.1. The van der Waals surface area contributed by atoms with E-state index >= 15 is 0 Å². The van der Waals surface area contributed by atoms with Crippen molar-refractivity contribution in [2.24, 2.45) is 0 Å². The van der Waals surface area contributed by atoms with Crippen LogP contribution in [0.4, 0.5) is 4.79 Å². The molecule has 6 heteroatoms. The van der Waals surface area contributed by atoms with E-state index in [1.54, 1.807) is 7.05 Å². The van der Waals surface area contributed by atoms with Crippen molar-refractivity contribution in [1.82, 2.24) is 9.80 Å². The van der Waals surface area contributed by atoms with E-state index in [0.29, 0.717) is 13.0 Å². The predicted octanol–water partition coefficient (Wildman–Crippen LogP) is -0.968. The van der Waals surface area contributed by atoms with Crippen molar-refractivity contribution in [3.05, 3.63) is 0 Å². The van der Waals surface area contributed by atoms with Gasteiger partial charge in [0.15, 0.2) is 0 Å². The molecule has 0 aromatic heterocycles. The minimum Gasteiger partial charge on any atom is -0.395 e. The molecule has 0 aromatic carbocycles. The summed E-state index contributed by atoms with van der Waals surface area (Å²) in [5.41, 5.74) is -0.813. The highest BCUT2D eigenvalue weighted by Crippen LogP contribution is 2.33. The molecule has 0 bridgehead atoms. The van der Waals surface area contributed by atoms with Crippen molar-refractivity contribution in [2.75, 3.05) is 33.4 Å². The number of imide groups is 1. The summed E-state index contributed by atoms with van der Waals surface area (Å²) >= 11 is 0. The van der Waals surface area contributed by atoms with Gasteiger partial charge in [-0.3, -0.25) is 9.69 Å². The minimum absolute atomic E-state index is 0.0593. The Kier molecular flexibility index (Phi) is 2.40. The van der Waals surface area contributed by atoms with E-state index in [-0.39, 0.29) is 31.7 Å². The largest absolute Gasteiger partial charge is 0.395 e. The van der Waals surface area contributed by atoms with Crippen LogP contribution in [0.15, 0.2) is 0 Å². The van der Waals surface area contributed by atoms with Gasteiger partial charge in [-0.25, -0.2) is 4.79 Å². The van der Waals surface area contributed by atoms with Crippen LogP contribution in [0.2, 0.25) is 0 Å². The van der Waals surface area contributed by atoms with E-state index in [0.717, 1.165) is 4.90 Å². The summed E-state index contributed by atoms with van der Waals surface area (Å²) in [6.07, 6.45) is 0.538. The van der Waals surface area contributed by atoms with Crippen molar-refractivity contribution in [3.8, 4) is 0 Å². The van der Waals surface area contributed by atoms with E-state index < -0.39 is 5.54 Å². The highest BCUT2D eigenvalue weighted by atomic mass is 16.5. The zero-order valence-electron chi connectivity index (χ0n) is 8.60. The van der Waals surface area contributed by atoms with Gasteiger partial charge in [-0.2, -0.15) is 0 Å². The van der Waals surface area contributed by atoms with Gasteiger partial charge in [0.2, 0.25) is 0 Å². The van der Waals surface area contributed by atoms with Gasteiger partial charge >= 0.3 is 6.03 Å². The van der Waals surface area contributed by atoms with Gasteiger partial charge < -0.3 is 14.7 Å². The molecule has 2 saturated heterocycles. The number of carbonyl (C=O) groups is 2. The third-order valence-corrected chi connectivity index (χ3v) is 3.13. The van der Waals surface area contributed by atoms with E-state index in [2.05, 4.69) is 0 Å². The Morgan fingerprint density at radius 3 is 2.80 bits per heavy atom. The minimum atomic E-state index is -0.813. The molecule has 6 nitrogen and oxygen atoms in total. The van der Waals surface area contributed by atoms with Crippen molar-refractivity contribution >= 4 is 11.9 Å². The average Bonchev–Trinajstić information content (AvgIpc) is 2.77. The molecule has 0 radical (unpaired) electrons. The molecular formula is C9H14N2O4. The zero-order chi connectivity index (χ0) is 11.1. The van der Waals surface area contributed by atoms with Crippen LogP contribution in [0.1, 0.15) is 6.42 Å². The quantitative estimate of drug-likeness (QED) is 0.600. The van der Waals surface area contributed by atoms with Crippen LogP contribution in [0.25, 0.3) is 0 Å². The first kappa shape index (κ1) is 10.4. The average molecular weight is 214 g/mol. The van der Waals surface area contributed by atoms with Crippen LogP contribution in [-0.2, 0) is 9.53 Å². The van der Waals surface area contributed by atoms with Crippen LogP contribution in [0, 0.1) is 0 Å². The lowest BCUT2D eigenvalue weighted by molar-refractivity contribution is -0.133. The fraction of sp³-hybridized carbons (Fsp3) is 0.778. The Hall–Kier alpha value is -1.14. The summed E-state index contributed by atoms with van der Waals surface area (Å²) in [4.78, 5) is 26.3. The SMILES string of the molecule is CN1C(=O)N(CCO)C(=O)C12CCOC2. The Bertz CT molecular complexity index is 298. The summed E-state index contributed by atoms with van der Waals surface area (Å²) in [7, 11) is 1.60. The number of rotatable bonds is 2. The van der Waals surface area contributed by atoms with E-state index in [4.69, 9.17) is 9.84 Å². The topological polar surface area (TPSA) is 70.1 Å². The highest BCUT2D eigenvalue weighted by molar-refractivity contribution is 6.07. The predicted molar refractivity (Wildman–Crippen MR) is 50.1 cm³/mol. The third-order valence-electron chi connectivity index (χ3n) is 3.13. The Balaban J connectivity index is 2.28. The van der Waals surface area contributed by atoms with Gasteiger partial charge in [0.1, 0.15) is 5.54 Å². The molecule has 2 aliphatic heterocycles. The first-order chi connectivity index (χ1) is 7.13. The monoisotopic (exact) mass is 214 g/mol. The summed E-state index contributed by atoms with van der Waals surface area (Å²) in [5, 5.41) is 8.78. The summed E-state index contributed by atoms with van der Waals surface area (Å²) < 4.78 is 5.19. The van der Waals surface area contributed by atoms with Gasteiger partial charge in [-0.1, -0.05) is 0 Å². The Morgan fingerprint density at radius 1 is 1.53 bits per heavy atom. The van der Waals surface area contributed by atoms with Crippen LogP contribution in [0.3, 0.4) is 0 Å². The Morgan fingerprint density at radius 2 is 2.27 bits per heavy atom. The maximum Gasteiger partial charge on any atom is 0.327 e. The standard InChI is InChI=1S/C9H14N2O4/c1-10-8(14)11(3-4-12)7(13)9(10)2-5-15-6-9/h12H,2-6H2,1H3. The van der Waals surface area contributed by atoms with Crippen molar-refractivity contribution in [1.29, 1.82) is 0 Å². The molecule has 0 saturated carbocycles. The maximum absolute atomic E-state index is 12.0. The van der Waals surface area contributed by atoms with Gasteiger partial charge in [0, 0.05) is 20.1 Å². The number of nitrogens with zero attached hydrogens (tertiary/aromatic N) is 2. The number of aliphatic hydroxyl groups is 1. The van der Waals surface area contributed by atoms with Crippen LogP contribution >= 0.6 is 0 Å². The molecule has 1 N–H and O–H groups in total.